The molecule has 4 aromatic carbocycles. The molecule has 0 aliphatic heterocycles. The molecule has 6 heteroatoms. The number of rotatable bonds is 7. The summed E-state index contributed by atoms with van der Waals surface area (Å²) in [7, 11) is 1.53. The third kappa shape index (κ3) is 5.24. The van der Waals surface area contributed by atoms with Crippen molar-refractivity contribution in [2.24, 2.45) is 0 Å². The lowest BCUT2D eigenvalue weighted by Crippen LogP contribution is -2.48. The van der Waals surface area contributed by atoms with Crippen molar-refractivity contribution in [2.45, 2.75) is 26.2 Å². The fourth-order valence-electron chi connectivity index (χ4n) is 5.14. The second-order valence-electron chi connectivity index (χ2n) is 9.86. The Hall–Kier alpha value is -5.10. The van der Waals surface area contributed by atoms with Gasteiger partial charge in [-0.05, 0) is 43.2 Å². The molecule has 0 fully saturated rings. The van der Waals surface area contributed by atoms with E-state index in [0.29, 0.717) is 45.5 Å². The smallest absolute Gasteiger partial charge is 0.277 e. The van der Waals surface area contributed by atoms with E-state index in [1.165, 1.54) is 17.1 Å². The van der Waals surface area contributed by atoms with Crippen molar-refractivity contribution < 1.29 is 19.2 Å². The molecule has 0 aromatic heterocycles. The minimum Gasteiger partial charge on any atom is -0.289 e. The predicted octanol–water partition coefficient (Wildman–Crippen LogP) is 7.04. The molecular formula is C35H30N2O4. The van der Waals surface area contributed by atoms with Crippen molar-refractivity contribution >= 4 is 34.6 Å². The molecule has 2 amide bonds. The van der Waals surface area contributed by atoms with E-state index in [1.807, 2.05) is 19.1 Å². The normalized spacial score (nSPS) is 12.6. The number of anilines is 1. The highest BCUT2D eigenvalue weighted by atomic mass is 16.2. The highest BCUT2D eigenvalue weighted by Crippen LogP contribution is 2.39. The molecule has 0 bridgehead atoms. The van der Waals surface area contributed by atoms with Crippen LogP contribution < -0.4 is 5.01 Å². The van der Waals surface area contributed by atoms with E-state index in [2.05, 4.69) is 0 Å². The van der Waals surface area contributed by atoms with Gasteiger partial charge in [-0.15, -0.1) is 0 Å². The number of carbonyl (C=O) groups is 4. The number of unbranched alkanes of at least 4 members (excludes halogenated alkanes) is 1. The van der Waals surface area contributed by atoms with Gasteiger partial charge in [0, 0.05) is 46.0 Å². The Morgan fingerprint density at radius 2 is 1.10 bits per heavy atom. The summed E-state index contributed by atoms with van der Waals surface area (Å²) in [5.41, 5.74) is 2.93. The van der Waals surface area contributed by atoms with Crippen LogP contribution in [-0.2, 0) is 0 Å². The van der Waals surface area contributed by atoms with Gasteiger partial charge in [0.2, 0.25) is 0 Å². The molecule has 0 saturated heterocycles. The molecule has 4 aromatic rings. The average molecular weight is 543 g/mol. The first-order valence-corrected chi connectivity index (χ1v) is 13.7. The van der Waals surface area contributed by atoms with Gasteiger partial charge in [0.15, 0.2) is 11.6 Å². The second-order valence-corrected chi connectivity index (χ2v) is 9.86. The number of fused-ring (bicyclic) bond motifs is 1. The quantitative estimate of drug-likeness (QED) is 0.235. The number of amides is 2. The zero-order valence-corrected chi connectivity index (χ0v) is 23.0. The van der Waals surface area contributed by atoms with Crippen LogP contribution in [0.3, 0.4) is 0 Å². The van der Waals surface area contributed by atoms with E-state index in [0.717, 1.165) is 12.8 Å². The van der Waals surface area contributed by atoms with Crippen LogP contribution in [0.15, 0.2) is 115 Å². The molecule has 1 aliphatic rings. The zero-order valence-electron chi connectivity index (χ0n) is 23.0. The van der Waals surface area contributed by atoms with Crippen molar-refractivity contribution in [3.05, 3.63) is 143 Å². The Bertz CT molecular complexity index is 1660. The van der Waals surface area contributed by atoms with E-state index in [4.69, 9.17) is 0 Å². The van der Waals surface area contributed by atoms with Gasteiger partial charge in [-0.2, -0.15) is 0 Å². The standard InChI is InChI=1S/C35H30N2O4/c1-3-4-19-29-31(33(39)27-21-12-11-20-26(27)32(29)38)28-22-13-14-23-30(28)37(35(41)25-17-9-6-10-18-25)36(2)34(40)24-15-7-5-8-16-24/h5-18,20-23H,3-4,19H2,1-2H3. The maximum absolute atomic E-state index is 14.1. The van der Waals surface area contributed by atoms with Gasteiger partial charge in [0.1, 0.15) is 0 Å². The maximum atomic E-state index is 14.1. The molecule has 0 atom stereocenters. The molecule has 0 radical (unpaired) electrons. The molecule has 0 unspecified atom stereocenters. The molecule has 41 heavy (non-hydrogen) atoms. The molecule has 0 N–H and O–H groups in total. The predicted molar refractivity (Wildman–Crippen MR) is 160 cm³/mol. The minimum absolute atomic E-state index is 0.187. The Morgan fingerprint density at radius 3 is 1.68 bits per heavy atom. The van der Waals surface area contributed by atoms with Crippen LogP contribution in [0, 0.1) is 0 Å². The lowest BCUT2D eigenvalue weighted by molar-refractivity contribution is 0.0717. The van der Waals surface area contributed by atoms with Crippen LogP contribution in [0.4, 0.5) is 5.69 Å². The lowest BCUT2D eigenvalue weighted by Gasteiger charge is -2.34. The van der Waals surface area contributed by atoms with E-state index in [1.54, 1.807) is 97.1 Å². The molecule has 0 saturated carbocycles. The Balaban J connectivity index is 1.72. The summed E-state index contributed by atoms with van der Waals surface area (Å²) < 4.78 is 0. The van der Waals surface area contributed by atoms with Gasteiger partial charge in [0.25, 0.3) is 11.8 Å². The Morgan fingerprint density at radius 1 is 0.610 bits per heavy atom. The number of carbonyl (C=O) groups excluding carboxylic acids is 4. The van der Waals surface area contributed by atoms with Crippen molar-refractivity contribution in [3.63, 3.8) is 0 Å². The molecule has 204 valence electrons. The monoisotopic (exact) mass is 542 g/mol. The van der Waals surface area contributed by atoms with E-state index < -0.39 is 11.8 Å². The highest BCUT2D eigenvalue weighted by molar-refractivity contribution is 6.41. The topological polar surface area (TPSA) is 74.8 Å². The van der Waals surface area contributed by atoms with Crippen molar-refractivity contribution in [3.8, 4) is 0 Å². The summed E-state index contributed by atoms with van der Waals surface area (Å²) in [5.74, 6) is -1.31. The van der Waals surface area contributed by atoms with Crippen LogP contribution in [0.2, 0.25) is 0 Å². The lowest BCUT2D eigenvalue weighted by atomic mass is 9.79. The number of hydrogen-bond donors (Lipinski definition) is 0. The SMILES string of the molecule is CCCCC1=C(c2ccccc2N(C(=O)c2ccccc2)N(C)C(=O)c2ccccc2)C(=O)c2ccccc2C1=O. The molecule has 5 rings (SSSR count). The van der Waals surface area contributed by atoms with E-state index in [9.17, 15) is 19.2 Å². The number of para-hydroxylation sites is 1. The maximum Gasteiger partial charge on any atom is 0.277 e. The summed E-state index contributed by atoms with van der Waals surface area (Å²) in [6, 6.07) is 31.2. The molecule has 1 aliphatic carbocycles. The number of ketones is 2. The van der Waals surface area contributed by atoms with Crippen LogP contribution in [-0.4, -0.2) is 35.4 Å². The van der Waals surface area contributed by atoms with Crippen molar-refractivity contribution in [1.82, 2.24) is 5.01 Å². The van der Waals surface area contributed by atoms with Gasteiger partial charge in [-0.3, -0.25) is 19.2 Å². The molecule has 0 heterocycles. The number of hydrogen-bond acceptors (Lipinski definition) is 4. The van der Waals surface area contributed by atoms with Gasteiger partial charge < -0.3 is 0 Å². The Labute approximate surface area is 239 Å². The molecular weight excluding hydrogens is 512 g/mol. The van der Waals surface area contributed by atoms with Gasteiger partial charge in [0.05, 0.1) is 5.69 Å². The number of hydrazine groups is 1. The molecule has 6 nitrogen and oxygen atoms in total. The Kier molecular flexibility index (Phi) is 8.01. The van der Waals surface area contributed by atoms with Gasteiger partial charge >= 0.3 is 0 Å². The van der Waals surface area contributed by atoms with E-state index >= 15 is 0 Å². The summed E-state index contributed by atoms with van der Waals surface area (Å²) in [6.45, 7) is 2.03. The van der Waals surface area contributed by atoms with Crippen LogP contribution in [0.1, 0.15) is 73.2 Å². The number of nitrogens with zero attached hydrogens (tertiary/aromatic N) is 2. The zero-order chi connectivity index (χ0) is 28.9. The summed E-state index contributed by atoms with van der Waals surface area (Å²) in [4.78, 5) is 55.6. The van der Waals surface area contributed by atoms with Crippen molar-refractivity contribution in [1.29, 1.82) is 0 Å². The van der Waals surface area contributed by atoms with Gasteiger partial charge in [-0.25, -0.2) is 10.0 Å². The third-order valence-electron chi connectivity index (χ3n) is 7.23. The third-order valence-corrected chi connectivity index (χ3v) is 7.23. The molecule has 0 spiro atoms. The fraction of sp³-hybridized carbons (Fsp3) is 0.143. The van der Waals surface area contributed by atoms with Crippen molar-refractivity contribution in [2.75, 3.05) is 12.1 Å². The average Bonchev–Trinajstić information content (AvgIpc) is 3.03. The van der Waals surface area contributed by atoms with Crippen LogP contribution in [0.5, 0.6) is 0 Å². The minimum atomic E-state index is -0.449. The first-order valence-electron chi connectivity index (χ1n) is 13.7. The fourth-order valence-corrected chi connectivity index (χ4v) is 5.14. The number of allylic oxidation sites excluding steroid dienone is 2. The number of Topliss-reactive ketones (excluding diaryl/α,β-unsaturated/α-hetero) is 2. The largest absolute Gasteiger partial charge is 0.289 e. The van der Waals surface area contributed by atoms with Crippen LogP contribution in [0.25, 0.3) is 5.57 Å². The van der Waals surface area contributed by atoms with Gasteiger partial charge in [-0.1, -0.05) is 92.2 Å². The second kappa shape index (κ2) is 12.0. The first-order chi connectivity index (χ1) is 19.9. The van der Waals surface area contributed by atoms with E-state index in [-0.39, 0.29) is 17.1 Å². The first kappa shape index (κ1) is 27.5. The summed E-state index contributed by atoms with van der Waals surface area (Å²) >= 11 is 0. The summed E-state index contributed by atoms with van der Waals surface area (Å²) in [6.07, 6.45) is 1.99. The van der Waals surface area contributed by atoms with Crippen LogP contribution >= 0.6 is 0 Å². The highest BCUT2D eigenvalue weighted by Gasteiger charge is 2.36. The number of benzene rings is 4. The summed E-state index contributed by atoms with van der Waals surface area (Å²) in [5, 5.41) is 2.56.